The number of hydrogen-bond donors (Lipinski definition) is 2. The third-order valence-electron chi connectivity index (χ3n) is 15.4. The molecule has 8 heterocycles. The lowest BCUT2D eigenvalue weighted by atomic mass is 9.84. The summed E-state index contributed by atoms with van der Waals surface area (Å²) in [7, 11) is 3.46. The van der Waals surface area contributed by atoms with Crippen molar-refractivity contribution in [3.05, 3.63) is 58.2 Å². The monoisotopic (exact) mass is 1000 g/mol. The Morgan fingerprint density at radius 2 is 1.85 bits per heavy atom. The number of alkyl halides is 3. The number of esters is 1. The highest BCUT2D eigenvalue weighted by atomic mass is 32.1. The number of carbonyl (C=O) groups is 4. The molecule has 1 spiro atoms. The maximum Gasteiger partial charge on any atom is 0.406 e. The van der Waals surface area contributed by atoms with E-state index in [1.807, 2.05) is 42.1 Å². The minimum Gasteiger partial charge on any atom is -0.464 e. The van der Waals surface area contributed by atoms with Gasteiger partial charge in [-0.1, -0.05) is 32.8 Å². The molecule has 20 heteroatoms. The number of amides is 3. The Labute approximate surface area is 415 Å². The van der Waals surface area contributed by atoms with E-state index in [1.165, 1.54) is 28.0 Å². The van der Waals surface area contributed by atoms with Crippen molar-refractivity contribution in [3.63, 3.8) is 0 Å². The predicted molar refractivity (Wildman–Crippen MR) is 259 cm³/mol. The Balaban J connectivity index is 1.01. The van der Waals surface area contributed by atoms with Gasteiger partial charge in [0.15, 0.2) is 0 Å². The number of hydrogen-bond acceptors (Lipinski definition) is 13. The van der Waals surface area contributed by atoms with Gasteiger partial charge in [-0.05, 0) is 81.8 Å². The fourth-order valence-corrected chi connectivity index (χ4v) is 12.4. The Kier molecular flexibility index (Phi) is 13.6. The second kappa shape index (κ2) is 19.5. The highest BCUT2D eigenvalue weighted by Crippen LogP contribution is 2.44. The molecule has 71 heavy (non-hydrogen) atoms. The van der Waals surface area contributed by atoms with Crippen LogP contribution in [0.3, 0.4) is 0 Å². The third kappa shape index (κ3) is 10.2. The van der Waals surface area contributed by atoms with E-state index in [0.29, 0.717) is 102 Å². The molecule has 6 atom stereocenters. The fraction of sp³-hybridized carbons (Fsp3) is 0.608. The number of ether oxygens (including phenoxy) is 3. The number of aromatic nitrogens is 3. The molecule has 6 bridgehead atoms. The molecule has 4 aromatic rings. The Morgan fingerprint density at radius 1 is 1.07 bits per heavy atom. The van der Waals surface area contributed by atoms with Crippen molar-refractivity contribution in [2.45, 2.75) is 121 Å². The molecule has 3 aromatic heterocycles. The van der Waals surface area contributed by atoms with Gasteiger partial charge in [0, 0.05) is 78.7 Å². The van der Waals surface area contributed by atoms with E-state index in [2.05, 4.69) is 20.6 Å². The van der Waals surface area contributed by atoms with Gasteiger partial charge < -0.3 is 29.0 Å². The zero-order chi connectivity index (χ0) is 50.0. The molecule has 16 nitrogen and oxygen atoms in total. The Hall–Kier alpha value is -4.99. The number of hydrazine groups is 1. The van der Waals surface area contributed by atoms with Crippen LogP contribution in [0.2, 0.25) is 0 Å². The predicted octanol–water partition coefficient (Wildman–Crippen LogP) is 5.53. The number of pyridine rings is 1. The molecule has 5 aliphatic heterocycles. The van der Waals surface area contributed by atoms with Crippen LogP contribution in [0.4, 0.5) is 13.2 Å². The summed E-state index contributed by atoms with van der Waals surface area (Å²) in [5.74, 6) is -1.06. The minimum atomic E-state index is -4.58. The molecule has 3 amide bonds. The molecular weight excluding hydrogens is 940 g/mol. The summed E-state index contributed by atoms with van der Waals surface area (Å²) < 4.78 is 63.5. The van der Waals surface area contributed by atoms with Crippen molar-refractivity contribution in [3.8, 4) is 22.5 Å². The van der Waals surface area contributed by atoms with E-state index in [9.17, 15) is 27.6 Å². The van der Waals surface area contributed by atoms with Gasteiger partial charge in [0.25, 0.3) is 5.91 Å². The SMILES string of the molecule is CO[C@@H](C)c1ncccc1-c1c2c3cc(ccc3n1CC(F)(F)F)-c1csc(n1)C[C@H](NC(=O)C(C1CCCC1)N1CCOC3(CN(C(=O)[C@H]4CN4C)C3)C1)C(=O)N1CCC[C@H](N1)C(=O)OCC(C)(C)C2. The molecule has 2 N–H and O–H groups in total. The number of benzene rings is 1. The molecule has 5 fully saturated rings. The van der Waals surface area contributed by atoms with Crippen LogP contribution in [-0.4, -0.2) is 161 Å². The standard InChI is InChI=1S/C51H64F3N9O7S/c1-30(68-5)42-33(12-8-16-55-42)44-35-22-49(2,3)29-69-48(67)36-13-9-17-63(58-36)46(65)37(21-41-56-38(24-71-41)32-14-15-39(34(35)20-32)62(44)28-51(52,53)54)57-45(64)43(31-10-6-7-11-31)60-18-19-70-50(25-60)26-61(27-50)47(66)40-23-59(40)4/h8,12,14-16,20,24,30-31,36-37,40,43,58H,6-7,9-11,13,17-19,21-23,25-29H2,1-5H3,(H,57,64)/t30-,36-,37-,40+,43?,59?/m0/s1. The van der Waals surface area contributed by atoms with E-state index < -0.39 is 59.8 Å². The highest BCUT2D eigenvalue weighted by Gasteiger charge is 2.54. The smallest absolute Gasteiger partial charge is 0.406 e. The quantitative estimate of drug-likeness (QED) is 0.160. The number of fused-ring (bicyclic) bond motifs is 6. The lowest BCUT2D eigenvalue weighted by Gasteiger charge is -2.55. The second-order valence-corrected chi connectivity index (χ2v) is 22.3. The topological polar surface area (TPSA) is 163 Å². The number of halogens is 3. The number of nitrogens with one attached hydrogen (secondary N) is 2. The maximum absolute atomic E-state index is 15.0. The van der Waals surface area contributed by atoms with Gasteiger partial charge in [-0.25, -0.2) is 10.4 Å². The zero-order valence-corrected chi connectivity index (χ0v) is 41.9. The van der Waals surface area contributed by atoms with Crippen molar-refractivity contribution >= 4 is 45.9 Å². The summed E-state index contributed by atoms with van der Waals surface area (Å²) in [6, 6.07) is 6.25. The summed E-state index contributed by atoms with van der Waals surface area (Å²) in [6.45, 7) is 7.71. The van der Waals surface area contributed by atoms with Crippen LogP contribution >= 0.6 is 11.3 Å². The van der Waals surface area contributed by atoms with Gasteiger partial charge in [0.1, 0.15) is 30.3 Å². The van der Waals surface area contributed by atoms with E-state index >= 15 is 4.79 Å². The number of rotatable bonds is 9. The summed E-state index contributed by atoms with van der Waals surface area (Å²) >= 11 is 1.33. The minimum absolute atomic E-state index is 0.0505. The Bertz CT molecular complexity index is 2680. The van der Waals surface area contributed by atoms with E-state index in [-0.39, 0.29) is 43.2 Å². The summed E-state index contributed by atoms with van der Waals surface area (Å²) in [5, 5.41) is 7.66. The van der Waals surface area contributed by atoms with Crippen LogP contribution in [0.5, 0.6) is 0 Å². The summed E-state index contributed by atoms with van der Waals surface area (Å²) in [6.07, 6.45) is 1.39. The summed E-state index contributed by atoms with van der Waals surface area (Å²) in [4.78, 5) is 72.6. The van der Waals surface area contributed by atoms with Gasteiger partial charge in [0.2, 0.25) is 11.8 Å². The van der Waals surface area contributed by atoms with Crippen molar-refractivity contribution in [1.29, 1.82) is 0 Å². The van der Waals surface area contributed by atoms with Crippen LogP contribution in [-0.2, 0) is 52.8 Å². The number of carbonyl (C=O) groups excluding carboxylic acids is 4. The number of thiazole rings is 1. The van der Waals surface area contributed by atoms with Crippen molar-refractivity contribution in [2.75, 3.05) is 66.6 Å². The summed E-state index contributed by atoms with van der Waals surface area (Å²) in [5.41, 5.74) is 5.35. The molecule has 10 rings (SSSR count). The number of likely N-dealkylation sites (N-methyl/N-ethyl adjacent to an activating group) is 1. The number of likely N-dealkylation sites (tertiary alicyclic amines) is 1. The van der Waals surface area contributed by atoms with Crippen LogP contribution in [0.1, 0.15) is 81.7 Å². The average Bonchev–Trinajstić information content (AvgIpc) is 3.65. The lowest BCUT2D eigenvalue weighted by Crippen LogP contribution is -2.73. The molecule has 1 aliphatic carbocycles. The normalized spacial score (nSPS) is 25.9. The molecule has 2 unspecified atom stereocenters. The van der Waals surface area contributed by atoms with Crippen molar-refractivity contribution < 1.29 is 46.6 Å². The maximum atomic E-state index is 15.0. The van der Waals surface area contributed by atoms with Crippen molar-refractivity contribution in [2.24, 2.45) is 11.3 Å². The van der Waals surface area contributed by atoms with E-state index in [1.54, 1.807) is 37.4 Å². The van der Waals surface area contributed by atoms with Crippen LogP contribution in [0.25, 0.3) is 33.4 Å². The van der Waals surface area contributed by atoms with Gasteiger partial charge in [-0.3, -0.25) is 39.0 Å². The number of methoxy groups -OCH3 is 1. The fourth-order valence-electron chi connectivity index (χ4n) is 11.6. The zero-order valence-electron chi connectivity index (χ0n) is 41.1. The first-order chi connectivity index (χ1) is 33.9. The van der Waals surface area contributed by atoms with Gasteiger partial charge in [-0.2, -0.15) is 13.2 Å². The molecule has 1 saturated carbocycles. The van der Waals surface area contributed by atoms with Crippen LogP contribution in [0, 0.1) is 11.3 Å². The van der Waals surface area contributed by atoms with E-state index in [0.717, 1.165) is 32.2 Å². The average molecular weight is 1000 g/mol. The first kappa shape index (κ1) is 49.6. The number of nitrogens with zero attached hydrogens (tertiary/aromatic N) is 7. The molecule has 0 radical (unpaired) electrons. The molecule has 1 aromatic carbocycles. The second-order valence-electron chi connectivity index (χ2n) is 21.4. The lowest BCUT2D eigenvalue weighted by molar-refractivity contribution is -0.198. The molecule has 382 valence electrons. The van der Waals surface area contributed by atoms with Gasteiger partial charge >= 0.3 is 12.1 Å². The van der Waals surface area contributed by atoms with Gasteiger partial charge in [0.05, 0.1) is 60.5 Å². The third-order valence-corrected chi connectivity index (χ3v) is 16.2. The van der Waals surface area contributed by atoms with Crippen LogP contribution in [0.15, 0.2) is 41.9 Å². The van der Waals surface area contributed by atoms with E-state index in [4.69, 9.17) is 19.2 Å². The largest absolute Gasteiger partial charge is 0.464 e. The molecule has 4 saturated heterocycles. The first-order valence-corrected chi connectivity index (χ1v) is 25.8. The molecule has 6 aliphatic rings. The van der Waals surface area contributed by atoms with Gasteiger partial charge in [-0.15, -0.1) is 11.3 Å². The number of cyclic esters (lactones) is 1. The molecular formula is C51H64F3N9O7S. The first-order valence-electron chi connectivity index (χ1n) is 25.0. The highest BCUT2D eigenvalue weighted by molar-refractivity contribution is 7.10. The van der Waals surface area contributed by atoms with Crippen molar-refractivity contribution in [1.82, 2.24) is 45.0 Å². The van der Waals surface area contributed by atoms with Crippen LogP contribution < -0.4 is 10.7 Å². The number of morpholine rings is 1. The Morgan fingerprint density at radius 3 is 2.58 bits per heavy atom.